The summed E-state index contributed by atoms with van der Waals surface area (Å²) in [5.74, 6) is 0.176. The topological polar surface area (TPSA) is 83.4 Å². The molecule has 2 aliphatic rings. The molecule has 4 heterocycles. The van der Waals surface area contributed by atoms with Crippen molar-refractivity contribution in [1.29, 1.82) is 0 Å². The van der Waals surface area contributed by atoms with E-state index in [1.54, 1.807) is 12.4 Å². The third-order valence-corrected chi connectivity index (χ3v) is 5.93. The first-order valence-corrected chi connectivity index (χ1v) is 11.0. The maximum absolute atomic E-state index is 11.9. The summed E-state index contributed by atoms with van der Waals surface area (Å²) < 4.78 is 0. The number of pyridine rings is 1. The zero-order valence-corrected chi connectivity index (χ0v) is 19.0. The summed E-state index contributed by atoms with van der Waals surface area (Å²) >= 11 is 6.56. The number of carbonyl (C=O) groups is 1. The summed E-state index contributed by atoms with van der Waals surface area (Å²) in [5.41, 5.74) is 6.18. The first-order chi connectivity index (χ1) is 14.8. The highest BCUT2D eigenvalue weighted by molar-refractivity contribution is 6.34. The molecule has 7 nitrogen and oxygen atoms in total. The molecule has 0 aromatic carbocycles. The van der Waals surface area contributed by atoms with Crippen LogP contribution >= 0.6 is 11.6 Å². The van der Waals surface area contributed by atoms with Crippen molar-refractivity contribution in [3.63, 3.8) is 0 Å². The molecule has 0 spiro atoms. The van der Waals surface area contributed by atoms with Gasteiger partial charge in [-0.2, -0.15) is 0 Å². The molecule has 0 bridgehead atoms. The van der Waals surface area contributed by atoms with E-state index in [4.69, 9.17) is 11.6 Å². The van der Waals surface area contributed by atoms with Gasteiger partial charge in [0.05, 0.1) is 16.8 Å². The summed E-state index contributed by atoms with van der Waals surface area (Å²) in [6.07, 6.45) is 8.25. The lowest BCUT2D eigenvalue weighted by molar-refractivity contribution is -0.118. The summed E-state index contributed by atoms with van der Waals surface area (Å²) in [6.45, 7) is 9.28. The number of nitrogens with one attached hydrogen (secondary N) is 1. The third-order valence-electron chi connectivity index (χ3n) is 5.58. The van der Waals surface area contributed by atoms with Crippen LogP contribution in [0.5, 0.6) is 0 Å². The van der Waals surface area contributed by atoms with E-state index in [0.29, 0.717) is 12.5 Å². The number of anilines is 1. The maximum atomic E-state index is 11.9. The highest BCUT2D eigenvalue weighted by Gasteiger charge is 2.28. The Kier molecular flexibility index (Phi) is 6.16. The van der Waals surface area contributed by atoms with Crippen LogP contribution in [0.15, 0.2) is 29.5 Å². The van der Waals surface area contributed by atoms with Crippen LogP contribution in [0, 0.1) is 19.8 Å². The van der Waals surface area contributed by atoms with Crippen molar-refractivity contribution in [2.24, 2.45) is 10.9 Å². The number of halogens is 1. The standard InChI is InChI=1S/C23H27ClN6O/c1-13(2)22(31)29-23-27-10-16-12-30(6-5-19(16)28-23)20-8-17(18(24)11-25-20)21-15(4)7-14(3)9-26-21/h7-11,13,18,20H,5-6,12H2,1-4H3,(H,27,28,29,31). The molecule has 2 aromatic rings. The van der Waals surface area contributed by atoms with Crippen molar-refractivity contribution in [3.05, 3.63) is 52.6 Å². The fourth-order valence-electron chi connectivity index (χ4n) is 3.84. The number of hydrogen-bond donors (Lipinski definition) is 1. The second kappa shape index (κ2) is 8.85. The van der Waals surface area contributed by atoms with Crippen LogP contribution in [0.3, 0.4) is 0 Å². The molecule has 0 saturated heterocycles. The highest BCUT2D eigenvalue weighted by Crippen LogP contribution is 2.30. The lowest BCUT2D eigenvalue weighted by Crippen LogP contribution is -2.39. The predicted octanol–water partition coefficient (Wildman–Crippen LogP) is 3.54. The van der Waals surface area contributed by atoms with E-state index in [9.17, 15) is 4.79 Å². The second-order valence-corrected chi connectivity index (χ2v) is 8.91. The molecule has 0 radical (unpaired) electrons. The number of aromatic nitrogens is 3. The zero-order valence-electron chi connectivity index (χ0n) is 18.3. The summed E-state index contributed by atoms with van der Waals surface area (Å²) in [7, 11) is 0. The van der Waals surface area contributed by atoms with Gasteiger partial charge in [0.1, 0.15) is 6.17 Å². The molecular formula is C23H27ClN6O. The summed E-state index contributed by atoms with van der Waals surface area (Å²) in [6, 6.07) is 2.12. The first kappa shape index (κ1) is 21.6. The molecule has 0 aliphatic carbocycles. The number of nitrogens with zero attached hydrogens (tertiary/aromatic N) is 5. The van der Waals surface area contributed by atoms with Gasteiger partial charge in [0, 0.05) is 55.2 Å². The van der Waals surface area contributed by atoms with Crippen molar-refractivity contribution in [2.45, 2.75) is 52.2 Å². The molecule has 2 unspecified atom stereocenters. The molecule has 2 atom stereocenters. The van der Waals surface area contributed by atoms with E-state index in [1.807, 2.05) is 27.0 Å². The fraction of sp³-hybridized carbons (Fsp3) is 0.435. The number of amides is 1. The molecule has 0 saturated carbocycles. The van der Waals surface area contributed by atoms with Gasteiger partial charge in [-0.3, -0.25) is 25.0 Å². The van der Waals surface area contributed by atoms with Crippen molar-refractivity contribution < 1.29 is 4.79 Å². The second-order valence-electron chi connectivity index (χ2n) is 8.44. The van der Waals surface area contributed by atoms with Crippen LogP contribution in [0.1, 0.15) is 41.9 Å². The molecule has 2 aromatic heterocycles. The number of rotatable bonds is 4. The first-order valence-electron chi connectivity index (χ1n) is 10.5. The molecule has 1 amide bonds. The van der Waals surface area contributed by atoms with Gasteiger partial charge in [0.25, 0.3) is 0 Å². The highest BCUT2D eigenvalue weighted by atomic mass is 35.5. The molecule has 162 valence electrons. The lowest BCUT2D eigenvalue weighted by Gasteiger charge is -2.33. The monoisotopic (exact) mass is 438 g/mol. The SMILES string of the molecule is Cc1cnc(C2=CC(N3CCc4nc(NC(=O)C(C)C)ncc4C3)N=CC2Cl)c(C)c1. The molecule has 2 aliphatic heterocycles. The third kappa shape index (κ3) is 4.67. The van der Waals surface area contributed by atoms with E-state index in [2.05, 4.69) is 49.2 Å². The quantitative estimate of drug-likeness (QED) is 0.738. The van der Waals surface area contributed by atoms with Crippen molar-refractivity contribution in [1.82, 2.24) is 19.9 Å². The van der Waals surface area contributed by atoms with Crippen LogP contribution < -0.4 is 5.32 Å². The van der Waals surface area contributed by atoms with Crippen LogP contribution in [0.25, 0.3) is 5.57 Å². The molecule has 8 heteroatoms. The number of carbonyl (C=O) groups excluding carboxylic acids is 1. The average Bonchev–Trinajstić information content (AvgIpc) is 2.74. The van der Waals surface area contributed by atoms with Crippen molar-refractivity contribution in [3.8, 4) is 0 Å². The van der Waals surface area contributed by atoms with Gasteiger partial charge in [-0.15, -0.1) is 11.6 Å². The Hall–Kier alpha value is -2.64. The molecule has 4 rings (SSSR count). The van der Waals surface area contributed by atoms with E-state index < -0.39 is 0 Å². The molecular weight excluding hydrogens is 412 g/mol. The fourth-order valence-corrected chi connectivity index (χ4v) is 4.09. The largest absolute Gasteiger partial charge is 0.294 e. The van der Waals surface area contributed by atoms with E-state index in [-0.39, 0.29) is 23.4 Å². The van der Waals surface area contributed by atoms with Crippen LogP contribution in [0.4, 0.5) is 5.95 Å². The Balaban J connectivity index is 1.53. The Morgan fingerprint density at radius 2 is 2.06 bits per heavy atom. The molecule has 31 heavy (non-hydrogen) atoms. The van der Waals surface area contributed by atoms with Gasteiger partial charge in [-0.1, -0.05) is 19.9 Å². The van der Waals surface area contributed by atoms with Gasteiger partial charge in [-0.05, 0) is 31.1 Å². The summed E-state index contributed by atoms with van der Waals surface area (Å²) in [5, 5.41) is 2.48. The van der Waals surface area contributed by atoms with Crippen LogP contribution in [-0.2, 0) is 17.8 Å². The minimum Gasteiger partial charge on any atom is -0.294 e. The minimum atomic E-state index is -0.294. The van der Waals surface area contributed by atoms with E-state index in [1.165, 1.54) is 0 Å². The number of allylic oxidation sites excluding steroid dienone is 1. The lowest BCUT2D eigenvalue weighted by atomic mass is 9.99. The van der Waals surface area contributed by atoms with Crippen molar-refractivity contribution in [2.75, 3.05) is 11.9 Å². The average molecular weight is 439 g/mol. The van der Waals surface area contributed by atoms with Gasteiger partial charge in [0.2, 0.25) is 11.9 Å². The Morgan fingerprint density at radius 3 is 2.81 bits per heavy atom. The van der Waals surface area contributed by atoms with Gasteiger partial charge in [0.15, 0.2) is 0 Å². The molecule has 1 N–H and O–H groups in total. The van der Waals surface area contributed by atoms with Crippen molar-refractivity contribution >= 4 is 35.2 Å². The number of dihydropyridines is 1. The number of hydrogen-bond acceptors (Lipinski definition) is 6. The van der Waals surface area contributed by atoms with Gasteiger partial charge < -0.3 is 0 Å². The minimum absolute atomic E-state index is 0.0813. The number of aryl methyl sites for hydroxylation is 2. The van der Waals surface area contributed by atoms with Crippen LogP contribution in [-0.4, -0.2) is 50.1 Å². The number of fused-ring (bicyclic) bond motifs is 1. The van der Waals surface area contributed by atoms with E-state index in [0.717, 1.165) is 46.6 Å². The Labute approximate surface area is 187 Å². The maximum Gasteiger partial charge on any atom is 0.229 e. The molecule has 0 fully saturated rings. The zero-order chi connectivity index (χ0) is 22.1. The van der Waals surface area contributed by atoms with Crippen LogP contribution in [0.2, 0.25) is 0 Å². The summed E-state index contributed by atoms with van der Waals surface area (Å²) in [4.78, 5) is 32.4. The number of aliphatic imine (C=N–C) groups is 1. The Bertz CT molecular complexity index is 1060. The normalized spacial score (nSPS) is 21.0. The predicted molar refractivity (Wildman–Crippen MR) is 123 cm³/mol. The smallest absolute Gasteiger partial charge is 0.229 e. The number of alkyl halides is 1. The Morgan fingerprint density at radius 1 is 1.26 bits per heavy atom. The van der Waals surface area contributed by atoms with Gasteiger partial charge >= 0.3 is 0 Å². The van der Waals surface area contributed by atoms with Gasteiger partial charge in [-0.25, -0.2) is 9.97 Å². The van der Waals surface area contributed by atoms with E-state index >= 15 is 0 Å².